The Morgan fingerprint density at radius 2 is 2.55 bits per heavy atom. The largest absolute Gasteiger partial charge is 0.481 e. The minimum atomic E-state index is -0.802. The van der Waals surface area contributed by atoms with Crippen molar-refractivity contribution in [2.45, 2.75) is 19.3 Å². The van der Waals surface area contributed by atoms with Crippen LogP contribution < -0.4 is 0 Å². The summed E-state index contributed by atoms with van der Waals surface area (Å²) < 4.78 is 0. The molecule has 0 aromatic heterocycles. The summed E-state index contributed by atoms with van der Waals surface area (Å²) in [7, 11) is 0. The number of rotatable bonds is 1. The summed E-state index contributed by atoms with van der Waals surface area (Å²) in [4.78, 5) is 10.5. The van der Waals surface area contributed by atoms with Crippen LogP contribution in [0.5, 0.6) is 0 Å². The van der Waals surface area contributed by atoms with Crippen LogP contribution in [0.1, 0.15) is 19.3 Å². The molecule has 1 N–H and O–H groups in total. The van der Waals surface area contributed by atoms with Crippen molar-refractivity contribution in [3.8, 4) is 6.07 Å². The first-order chi connectivity index (χ1) is 5.25. The first-order valence-corrected chi connectivity index (χ1v) is 3.57. The van der Waals surface area contributed by atoms with E-state index in [1.54, 1.807) is 0 Å². The minimum absolute atomic E-state index is 0.394. The van der Waals surface area contributed by atoms with Crippen molar-refractivity contribution in [2.24, 2.45) is 5.92 Å². The Labute approximate surface area is 64.9 Å². The zero-order valence-corrected chi connectivity index (χ0v) is 6.08. The number of allylic oxidation sites excluding steroid dienone is 1. The molecule has 0 heterocycles. The molecule has 3 heteroatoms. The second-order valence-corrected chi connectivity index (χ2v) is 2.63. The van der Waals surface area contributed by atoms with E-state index in [1.807, 2.05) is 6.07 Å². The van der Waals surface area contributed by atoms with Crippen LogP contribution in [-0.4, -0.2) is 11.1 Å². The average Bonchev–Trinajstić information content (AvgIpc) is 2.36. The van der Waals surface area contributed by atoms with Crippen LogP contribution in [-0.2, 0) is 4.79 Å². The third-order valence-electron chi connectivity index (χ3n) is 1.95. The van der Waals surface area contributed by atoms with E-state index in [1.165, 1.54) is 6.08 Å². The van der Waals surface area contributed by atoms with E-state index in [4.69, 9.17) is 10.4 Å². The van der Waals surface area contributed by atoms with Gasteiger partial charge in [0.2, 0.25) is 0 Å². The fraction of sp³-hybridized carbons (Fsp3) is 0.500. The van der Waals surface area contributed by atoms with Gasteiger partial charge in [0.15, 0.2) is 0 Å². The molecule has 0 aromatic carbocycles. The van der Waals surface area contributed by atoms with Crippen LogP contribution in [0.4, 0.5) is 0 Å². The SMILES string of the molecule is N#C/C=C1/CCCC1C(=O)O. The maximum atomic E-state index is 10.5. The first kappa shape index (κ1) is 7.80. The molecule has 1 aliphatic carbocycles. The van der Waals surface area contributed by atoms with Crippen LogP contribution in [0.15, 0.2) is 11.6 Å². The molecule has 1 fully saturated rings. The Kier molecular flexibility index (Phi) is 2.27. The van der Waals surface area contributed by atoms with Crippen LogP contribution in [0.2, 0.25) is 0 Å². The number of carboxylic acid groups (broad SMARTS) is 1. The predicted octanol–water partition coefficient (Wildman–Crippen LogP) is 1.32. The van der Waals surface area contributed by atoms with E-state index < -0.39 is 11.9 Å². The van der Waals surface area contributed by atoms with Crippen molar-refractivity contribution < 1.29 is 9.90 Å². The maximum absolute atomic E-state index is 10.5. The molecule has 0 aliphatic heterocycles. The van der Waals surface area contributed by atoms with Gasteiger partial charge in [-0.3, -0.25) is 4.79 Å². The van der Waals surface area contributed by atoms with Crippen LogP contribution in [0.3, 0.4) is 0 Å². The molecule has 58 valence electrons. The van der Waals surface area contributed by atoms with Crippen molar-refractivity contribution in [2.75, 3.05) is 0 Å². The van der Waals surface area contributed by atoms with Gasteiger partial charge in [-0.25, -0.2) is 0 Å². The highest BCUT2D eigenvalue weighted by Gasteiger charge is 2.26. The first-order valence-electron chi connectivity index (χ1n) is 3.57. The van der Waals surface area contributed by atoms with Crippen molar-refractivity contribution in [1.82, 2.24) is 0 Å². The van der Waals surface area contributed by atoms with E-state index in [-0.39, 0.29) is 0 Å². The lowest BCUT2D eigenvalue weighted by Crippen LogP contribution is -2.10. The highest BCUT2D eigenvalue weighted by molar-refractivity contribution is 5.74. The van der Waals surface area contributed by atoms with Crippen molar-refractivity contribution in [3.05, 3.63) is 11.6 Å². The molecule has 11 heavy (non-hydrogen) atoms. The Morgan fingerprint density at radius 3 is 3.09 bits per heavy atom. The summed E-state index contributed by atoms with van der Waals surface area (Å²) in [5.74, 6) is -1.20. The molecule has 0 bridgehead atoms. The summed E-state index contributed by atoms with van der Waals surface area (Å²) >= 11 is 0. The van der Waals surface area contributed by atoms with Gasteiger partial charge in [0.05, 0.1) is 12.0 Å². The Balaban J connectivity index is 2.75. The number of nitrogens with zero attached hydrogens (tertiary/aromatic N) is 1. The molecule has 0 spiro atoms. The monoisotopic (exact) mass is 151 g/mol. The van der Waals surface area contributed by atoms with Crippen LogP contribution in [0, 0.1) is 17.2 Å². The molecule has 1 saturated carbocycles. The van der Waals surface area contributed by atoms with Gasteiger partial charge in [-0.1, -0.05) is 0 Å². The van der Waals surface area contributed by atoms with Crippen molar-refractivity contribution in [3.63, 3.8) is 0 Å². The highest BCUT2D eigenvalue weighted by atomic mass is 16.4. The number of hydrogen-bond donors (Lipinski definition) is 1. The second kappa shape index (κ2) is 3.20. The van der Waals surface area contributed by atoms with Gasteiger partial charge in [-0.05, 0) is 24.8 Å². The molecule has 0 radical (unpaired) electrons. The number of carbonyl (C=O) groups is 1. The van der Waals surface area contributed by atoms with Crippen LogP contribution >= 0.6 is 0 Å². The van der Waals surface area contributed by atoms with Gasteiger partial charge >= 0.3 is 5.97 Å². The third-order valence-corrected chi connectivity index (χ3v) is 1.95. The third kappa shape index (κ3) is 1.58. The highest BCUT2D eigenvalue weighted by Crippen LogP contribution is 2.30. The summed E-state index contributed by atoms with van der Waals surface area (Å²) in [6.45, 7) is 0. The summed E-state index contributed by atoms with van der Waals surface area (Å²) in [5, 5.41) is 17.0. The zero-order valence-electron chi connectivity index (χ0n) is 6.08. The molecule has 1 unspecified atom stereocenters. The molecule has 1 atom stereocenters. The Hall–Kier alpha value is -1.30. The van der Waals surface area contributed by atoms with Gasteiger partial charge in [-0.15, -0.1) is 0 Å². The lowest BCUT2D eigenvalue weighted by atomic mass is 10.0. The predicted molar refractivity (Wildman–Crippen MR) is 38.7 cm³/mol. The van der Waals surface area contributed by atoms with E-state index in [2.05, 4.69) is 0 Å². The van der Waals surface area contributed by atoms with Crippen molar-refractivity contribution in [1.29, 1.82) is 5.26 Å². The van der Waals surface area contributed by atoms with E-state index >= 15 is 0 Å². The van der Waals surface area contributed by atoms with Crippen molar-refractivity contribution >= 4 is 5.97 Å². The molecule has 1 rings (SSSR count). The van der Waals surface area contributed by atoms with Crippen LogP contribution in [0.25, 0.3) is 0 Å². The van der Waals surface area contributed by atoms with Gasteiger partial charge < -0.3 is 5.11 Å². The molecule has 1 aliphatic rings. The minimum Gasteiger partial charge on any atom is -0.481 e. The topological polar surface area (TPSA) is 61.1 Å². The van der Waals surface area contributed by atoms with E-state index in [0.717, 1.165) is 18.4 Å². The normalized spacial score (nSPS) is 26.8. The Bertz CT molecular complexity index is 237. The van der Waals surface area contributed by atoms with E-state index in [0.29, 0.717) is 6.42 Å². The van der Waals surface area contributed by atoms with Gasteiger partial charge in [0, 0.05) is 6.08 Å². The smallest absolute Gasteiger partial charge is 0.310 e. The lowest BCUT2D eigenvalue weighted by molar-refractivity contribution is -0.140. The molecular formula is C8H9NO2. The summed E-state index contributed by atoms with van der Waals surface area (Å²) in [6, 6.07) is 1.87. The summed E-state index contributed by atoms with van der Waals surface area (Å²) in [5.41, 5.74) is 0.778. The standard InChI is InChI=1S/C8H9NO2/c9-5-4-6-2-1-3-7(6)8(10)11/h4,7H,1-3H2,(H,10,11)/b6-4-. The molecule has 0 amide bonds. The molecule has 0 saturated heterocycles. The lowest BCUT2D eigenvalue weighted by Gasteiger charge is -2.02. The van der Waals surface area contributed by atoms with E-state index in [9.17, 15) is 4.79 Å². The fourth-order valence-electron chi connectivity index (χ4n) is 1.41. The second-order valence-electron chi connectivity index (χ2n) is 2.63. The fourth-order valence-corrected chi connectivity index (χ4v) is 1.41. The maximum Gasteiger partial charge on any atom is 0.310 e. The number of aliphatic carboxylic acids is 1. The average molecular weight is 151 g/mol. The molecular weight excluding hydrogens is 142 g/mol. The zero-order chi connectivity index (χ0) is 8.27. The quantitative estimate of drug-likeness (QED) is 0.575. The summed E-state index contributed by atoms with van der Waals surface area (Å²) in [6.07, 6.45) is 3.71. The van der Waals surface area contributed by atoms with Gasteiger partial charge in [-0.2, -0.15) is 5.26 Å². The molecule has 3 nitrogen and oxygen atoms in total. The number of nitriles is 1. The number of hydrogen-bond acceptors (Lipinski definition) is 2. The molecule has 0 aromatic rings. The van der Waals surface area contributed by atoms with Gasteiger partial charge in [0.25, 0.3) is 0 Å². The van der Waals surface area contributed by atoms with Gasteiger partial charge in [0.1, 0.15) is 0 Å². The number of carboxylic acids is 1. The Morgan fingerprint density at radius 1 is 1.82 bits per heavy atom.